The van der Waals surface area contributed by atoms with Crippen molar-refractivity contribution >= 4 is 52.7 Å². The van der Waals surface area contributed by atoms with E-state index in [4.69, 9.17) is 27.9 Å². The number of amides is 2. The van der Waals surface area contributed by atoms with Gasteiger partial charge in [-0.1, -0.05) is 29.3 Å². The van der Waals surface area contributed by atoms with Crippen molar-refractivity contribution in [2.75, 3.05) is 11.6 Å². The number of carboxylic acid groups (broad SMARTS) is 1. The number of carbonyl (C=O) groups excluding carboxylic acids is 2. The van der Waals surface area contributed by atoms with Gasteiger partial charge in [0, 0.05) is 40.4 Å². The molecule has 0 bridgehead atoms. The third-order valence-electron chi connectivity index (χ3n) is 4.86. The van der Waals surface area contributed by atoms with Crippen LogP contribution in [0.15, 0.2) is 36.5 Å². The van der Waals surface area contributed by atoms with Crippen molar-refractivity contribution < 1.29 is 24.2 Å². The van der Waals surface area contributed by atoms with Crippen molar-refractivity contribution in [3.8, 4) is 5.75 Å². The van der Waals surface area contributed by atoms with E-state index in [0.717, 1.165) is 0 Å². The highest BCUT2D eigenvalue weighted by Gasteiger charge is 2.35. The summed E-state index contributed by atoms with van der Waals surface area (Å²) in [7, 11) is 0. The van der Waals surface area contributed by atoms with Gasteiger partial charge in [0.05, 0.1) is 12.1 Å². The topological polar surface area (TPSA) is 109 Å². The molecule has 1 fully saturated rings. The van der Waals surface area contributed by atoms with E-state index in [1.807, 2.05) is 0 Å². The molecule has 2 heterocycles. The van der Waals surface area contributed by atoms with Gasteiger partial charge in [0.15, 0.2) is 0 Å². The van der Waals surface area contributed by atoms with Gasteiger partial charge in [-0.3, -0.25) is 14.6 Å². The fraction of sp³-hybridized carbons (Fsp3) is 0.333. The Morgan fingerprint density at radius 3 is 2.59 bits per heavy atom. The van der Waals surface area contributed by atoms with E-state index >= 15 is 0 Å². The number of nitrogens with one attached hydrogen (secondary N) is 1. The lowest BCUT2D eigenvalue weighted by Crippen LogP contribution is -2.52. The number of carbonyl (C=O) groups is 3. The van der Waals surface area contributed by atoms with Crippen molar-refractivity contribution in [2.24, 2.45) is 0 Å². The summed E-state index contributed by atoms with van der Waals surface area (Å²) in [6.07, 6.45) is 1.45. The molecule has 0 saturated carbocycles. The van der Waals surface area contributed by atoms with Crippen LogP contribution in [0.1, 0.15) is 18.2 Å². The molecule has 1 saturated heterocycles. The number of hydrogen-bond donors (Lipinski definition) is 2. The molecule has 8 nitrogen and oxygen atoms in total. The van der Waals surface area contributed by atoms with Crippen LogP contribution in [0.2, 0.25) is 10.0 Å². The maximum Gasteiger partial charge on any atom is 0.326 e. The summed E-state index contributed by atoms with van der Waals surface area (Å²) < 4.78 is 5.67. The van der Waals surface area contributed by atoms with E-state index in [2.05, 4.69) is 10.3 Å². The molecule has 0 aliphatic carbocycles. The van der Waals surface area contributed by atoms with Crippen LogP contribution in [-0.4, -0.2) is 56.5 Å². The lowest BCUT2D eigenvalue weighted by molar-refractivity contribution is -0.143. The van der Waals surface area contributed by atoms with E-state index in [-0.39, 0.29) is 18.9 Å². The summed E-state index contributed by atoms with van der Waals surface area (Å²) in [4.78, 5) is 41.6. The minimum absolute atomic E-state index is 0.0162. The van der Waals surface area contributed by atoms with E-state index < -0.39 is 24.0 Å². The molecule has 2 N–H and O–H groups in total. The molecule has 0 radical (unpaired) electrons. The molecular weight excluding hydrogens is 477 g/mol. The van der Waals surface area contributed by atoms with E-state index in [1.165, 1.54) is 29.8 Å². The van der Waals surface area contributed by atoms with Crippen molar-refractivity contribution in [2.45, 2.75) is 32.0 Å². The summed E-state index contributed by atoms with van der Waals surface area (Å²) in [5.74, 6) is -0.605. The minimum Gasteiger partial charge on any atom is -0.487 e. The second kappa shape index (κ2) is 10.9. The fourth-order valence-electron chi connectivity index (χ4n) is 3.09. The summed E-state index contributed by atoms with van der Waals surface area (Å²) >= 11 is 13.7. The average Bonchev–Trinajstić information content (AvgIpc) is 3.24. The van der Waals surface area contributed by atoms with Crippen molar-refractivity contribution in [3.05, 3.63) is 57.8 Å². The first-order valence-corrected chi connectivity index (χ1v) is 11.6. The molecule has 2 atom stereocenters. The normalized spacial score (nSPS) is 16.5. The van der Waals surface area contributed by atoms with Crippen LogP contribution in [0, 0.1) is 0 Å². The Labute approximate surface area is 199 Å². The molecule has 170 valence electrons. The molecule has 1 unspecified atom stereocenters. The smallest absolute Gasteiger partial charge is 0.326 e. The van der Waals surface area contributed by atoms with Crippen LogP contribution in [0.25, 0.3) is 0 Å². The summed E-state index contributed by atoms with van der Waals surface area (Å²) in [5, 5.41) is 13.0. The molecule has 32 heavy (non-hydrogen) atoms. The van der Waals surface area contributed by atoms with E-state index in [0.29, 0.717) is 38.7 Å². The number of nitrogens with zero attached hydrogens (tertiary/aromatic N) is 2. The van der Waals surface area contributed by atoms with E-state index in [9.17, 15) is 19.5 Å². The Kier molecular flexibility index (Phi) is 8.22. The molecular formula is C21H21Cl2N3O5S. The lowest BCUT2D eigenvalue weighted by atomic mass is 10.1. The number of rotatable bonds is 8. The fourth-order valence-corrected chi connectivity index (χ4v) is 4.82. The van der Waals surface area contributed by atoms with Crippen LogP contribution in [-0.2, 0) is 27.4 Å². The van der Waals surface area contributed by atoms with Crippen molar-refractivity contribution in [1.29, 1.82) is 0 Å². The average molecular weight is 498 g/mol. The number of thioether (sulfide) groups is 1. The van der Waals surface area contributed by atoms with Crippen LogP contribution >= 0.6 is 35.0 Å². The number of aliphatic carboxylic acids is 1. The number of ether oxygens (including phenoxy) is 1. The van der Waals surface area contributed by atoms with E-state index in [1.54, 1.807) is 30.3 Å². The number of pyridine rings is 1. The largest absolute Gasteiger partial charge is 0.487 e. The number of hydrogen-bond acceptors (Lipinski definition) is 6. The standard InChI is InChI=1S/C21H21Cl2N3O5S/c1-12(27)26-11-32-10-19(26)20(28)25-18(21(29)30)7-13-5-6-14(8-24-13)31-9-15-16(22)3-2-4-17(15)23/h2-6,8,18-19H,7,9-11H2,1H3,(H,25,28)(H,29,30)/t18?,19-/m1/s1. The number of aromatic nitrogens is 1. The van der Waals surface area contributed by atoms with Gasteiger partial charge in [0.2, 0.25) is 11.8 Å². The van der Waals surface area contributed by atoms with Crippen LogP contribution in [0.4, 0.5) is 0 Å². The molecule has 3 rings (SSSR count). The summed E-state index contributed by atoms with van der Waals surface area (Å²) in [6, 6.07) is 6.59. The monoisotopic (exact) mass is 497 g/mol. The summed E-state index contributed by atoms with van der Waals surface area (Å²) in [5.41, 5.74) is 1.11. The molecule has 1 aromatic carbocycles. The Hall–Kier alpha value is -2.49. The zero-order valence-corrected chi connectivity index (χ0v) is 19.4. The quantitative estimate of drug-likeness (QED) is 0.576. The first-order chi connectivity index (χ1) is 15.3. The maximum absolute atomic E-state index is 12.6. The number of halogens is 2. The van der Waals surface area contributed by atoms with Crippen LogP contribution < -0.4 is 10.1 Å². The molecule has 2 aromatic rings. The van der Waals surface area contributed by atoms with Gasteiger partial charge < -0.3 is 20.1 Å². The first-order valence-electron chi connectivity index (χ1n) is 9.65. The van der Waals surface area contributed by atoms with Gasteiger partial charge in [-0.15, -0.1) is 11.8 Å². The van der Waals surface area contributed by atoms with Gasteiger partial charge in [-0.25, -0.2) is 4.79 Å². The van der Waals surface area contributed by atoms with Gasteiger partial charge in [-0.2, -0.15) is 0 Å². The van der Waals surface area contributed by atoms with Crippen molar-refractivity contribution in [1.82, 2.24) is 15.2 Å². The SMILES string of the molecule is CC(=O)N1CSC[C@@H]1C(=O)NC(Cc1ccc(OCc2c(Cl)cccc2Cl)cn1)C(=O)O. The van der Waals surface area contributed by atoms with Crippen molar-refractivity contribution in [3.63, 3.8) is 0 Å². The second-order valence-corrected chi connectivity index (χ2v) is 8.90. The molecule has 1 aromatic heterocycles. The highest BCUT2D eigenvalue weighted by Crippen LogP contribution is 2.26. The molecule has 1 aliphatic heterocycles. The highest BCUT2D eigenvalue weighted by atomic mass is 35.5. The molecule has 11 heteroatoms. The second-order valence-electron chi connectivity index (χ2n) is 7.08. The Morgan fingerprint density at radius 1 is 1.28 bits per heavy atom. The predicted octanol–water partition coefficient (Wildman–Crippen LogP) is 3.00. The maximum atomic E-state index is 12.6. The minimum atomic E-state index is -1.19. The lowest BCUT2D eigenvalue weighted by Gasteiger charge is -2.23. The Balaban J connectivity index is 1.60. The molecule has 1 aliphatic rings. The molecule has 0 spiro atoms. The van der Waals surface area contributed by atoms with Gasteiger partial charge in [-0.05, 0) is 24.3 Å². The predicted molar refractivity (Wildman–Crippen MR) is 122 cm³/mol. The van der Waals surface area contributed by atoms with Gasteiger partial charge in [0.1, 0.15) is 24.4 Å². The molecule has 2 amide bonds. The number of carboxylic acids is 1. The third-order valence-corrected chi connectivity index (χ3v) is 6.58. The van der Waals surface area contributed by atoms with Crippen LogP contribution in [0.3, 0.4) is 0 Å². The highest BCUT2D eigenvalue weighted by molar-refractivity contribution is 7.99. The van der Waals surface area contributed by atoms with Gasteiger partial charge in [0.25, 0.3) is 0 Å². The summed E-state index contributed by atoms with van der Waals surface area (Å²) in [6.45, 7) is 1.54. The zero-order chi connectivity index (χ0) is 23.3. The Bertz CT molecular complexity index is 985. The van der Waals surface area contributed by atoms with Crippen LogP contribution in [0.5, 0.6) is 5.75 Å². The number of benzene rings is 1. The van der Waals surface area contributed by atoms with Gasteiger partial charge >= 0.3 is 5.97 Å². The third kappa shape index (κ3) is 6.05. The Morgan fingerprint density at radius 2 is 2.00 bits per heavy atom. The first kappa shape index (κ1) is 24.2. The zero-order valence-electron chi connectivity index (χ0n) is 17.1.